The third-order valence-corrected chi connectivity index (χ3v) is 4.05. The molecule has 112 valence electrons. The average Bonchev–Trinajstić information content (AvgIpc) is 2.79. The lowest BCUT2D eigenvalue weighted by Crippen LogP contribution is -2.35. The number of nitrogens with zero attached hydrogens (tertiary/aromatic N) is 1. The van der Waals surface area contributed by atoms with Gasteiger partial charge in [0.25, 0.3) is 0 Å². The van der Waals surface area contributed by atoms with Gasteiger partial charge >= 0.3 is 11.9 Å². The van der Waals surface area contributed by atoms with E-state index in [1.54, 1.807) is 13.8 Å². The molecule has 0 aromatic carbocycles. The Morgan fingerprint density at radius 3 is 2.55 bits per heavy atom. The number of hydrogen-bond donors (Lipinski definition) is 0. The van der Waals surface area contributed by atoms with Crippen LogP contribution in [0.1, 0.15) is 46.5 Å². The first-order valence-corrected chi connectivity index (χ1v) is 7.22. The molecule has 0 heterocycles. The van der Waals surface area contributed by atoms with Crippen LogP contribution < -0.4 is 0 Å². The Labute approximate surface area is 120 Å². The van der Waals surface area contributed by atoms with Crippen molar-refractivity contribution < 1.29 is 19.1 Å². The zero-order valence-electron chi connectivity index (χ0n) is 12.5. The Balaban J connectivity index is 2.90. The molecule has 0 N–H and O–H groups in total. The Kier molecular flexibility index (Phi) is 6.00. The van der Waals surface area contributed by atoms with Gasteiger partial charge in [0.15, 0.2) is 0 Å². The Morgan fingerprint density at radius 1 is 1.35 bits per heavy atom. The molecule has 1 aliphatic carbocycles. The second-order valence-electron chi connectivity index (χ2n) is 5.40. The molecular formula is C15H23NO4. The highest BCUT2D eigenvalue weighted by molar-refractivity contribution is 5.80. The van der Waals surface area contributed by atoms with Crippen LogP contribution in [-0.2, 0) is 19.1 Å². The van der Waals surface area contributed by atoms with Gasteiger partial charge in [-0.05, 0) is 39.5 Å². The molecule has 0 spiro atoms. The number of carbonyl (C=O) groups excluding carboxylic acids is 2. The molecule has 1 saturated carbocycles. The molecule has 1 aliphatic rings. The molecule has 5 heteroatoms. The fourth-order valence-corrected chi connectivity index (χ4v) is 3.02. The van der Waals surface area contributed by atoms with Crippen molar-refractivity contribution in [1.29, 1.82) is 5.26 Å². The summed E-state index contributed by atoms with van der Waals surface area (Å²) in [4.78, 5) is 23.8. The van der Waals surface area contributed by atoms with E-state index in [2.05, 4.69) is 6.07 Å². The molecule has 0 bridgehead atoms. The fourth-order valence-electron chi connectivity index (χ4n) is 3.02. The van der Waals surface area contributed by atoms with E-state index in [0.717, 1.165) is 19.3 Å². The summed E-state index contributed by atoms with van der Waals surface area (Å²) in [5, 5.41) is 9.38. The highest BCUT2D eigenvalue weighted by Crippen LogP contribution is 2.47. The molecule has 0 amide bonds. The normalized spacial score (nSPS) is 26.6. The van der Waals surface area contributed by atoms with E-state index in [1.165, 1.54) is 0 Å². The molecule has 0 aromatic heterocycles. The van der Waals surface area contributed by atoms with E-state index < -0.39 is 23.3 Å². The van der Waals surface area contributed by atoms with Crippen molar-refractivity contribution >= 4 is 11.9 Å². The summed E-state index contributed by atoms with van der Waals surface area (Å²) in [7, 11) is 0. The van der Waals surface area contributed by atoms with Crippen molar-refractivity contribution in [2.45, 2.75) is 46.5 Å². The zero-order valence-corrected chi connectivity index (χ0v) is 12.5. The van der Waals surface area contributed by atoms with Crippen LogP contribution >= 0.6 is 0 Å². The number of esters is 2. The van der Waals surface area contributed by atoms with Crippen molar-refractivity contribution in [3.63, 3.8) is 0 Å². The van der Waals surface area contributed by atoms with Gasteiger partial charge in [-0.15, -0.1) is 0 Å². The van der Waals surface area contributed by atoms with Gasteiger partial charge in [0.05, 0.1) is 37.0 Å². The van der Waals surface area contributed by atoms with Crippen LogP contribution in [0.15, 0.2) is 0 Å². The first-order chi connectivity index (χ1) is 9.48. The Morgan fingerprint density at radius 2 is 2.00 bits per heavy atom. The van der Waals surface area contributed by atoms with Crippen molar-refractivity contribution in [3.05, 3.63) is 0 Å². The van der Waals surface area contributed by atoms with Crippen molar-refractivity contribution in [3.8, 4) is 6.07 Å². The molecule has 0 radical (unpaired) electrons. The van der Waals surface area contributed by atoms with E-state index >= 15 is 0 Å². The van der Waals surface area contributed by atoms with Crippen LogP contribution in [-0.4, -0.2) is 25.2 Å². The van der Waals surface area contributed by atoms with Crippen LogP contribution in [0.2, 0.25) is 0 Å². The molecular weight excluding hydrogens is 258 g/mol. The number of rotatable bonds is 6. The molecule has 3 unspecified atom stereocenters. The summed E-state index contributed by atoms with van der Waals surface area (Å²) in [6.45, 7) is 5.88. The predicted octanol–water partition coefficient (Wildman–Crippen LogP) is 2.45. The van der Waals surface area contributed by atoms with E-state index in [4.69, 9.17) is 9.47 Å². The number of ether oxygens (including phenoxy) is 2. The van der Waals surface area contributed by atoms with Crippen LogP contribution in [0.3, 0.4) is 0 Å². The maximum atomic E-state index is 12.1. The summed E-state index contributed by atoms with van der Waals surface area (Å²) < 4.78 is 10.0. The lowest BCUT2D eigenvalue weighted by atomic mass is 9.73. The quantitative estimate of drug-likeness (QED) is 0.699. The summed E-state index contributed by atoms with van der Waals surface area (Å²) in [5.74, 6) is -1.52. The second kappa shape index (κ2) is 7.28. The van der Waals surface area contributed by atoms with Gasteiger partial charge in [-0.1, -0.05) is 6.42 Å². The van der Waals surface area contributed by atoms with Crippen LogP contribution in [0, 0.1) is 28.6 Å². The van der Waals surface area contributed by atoms with Gasteiger partial charge in [-0.3, -0.25) is 9.59 Å². The summed E-state index contributed by atoms with van der Waals surface area (Å²) in [5.41, 5.74) is -0.566. The standard InChI is InChI=1S/C15H23NO4/c1-4-19-13(17)9-11(14(18)20-5-2)12-7-6-8-15(12,3)10-16/h11-12H,4-9H2,1-3H3. The maximum absolute atomic E-state index is 12.1. The highest BCUT2D eigenvalue weighted by Gasteiger charge is 2.47. The van der Waals surface area contributed by atoms with Crippen molar-refractivity contribution in [2.24, 2.45) is 17.3 Å². The first kappa shape index (κ1) is 16.5. The first-order valence-electron chi connectivity index (χ1n) is 7.22. The van der Waals surface area contributed by atoms with Crippen LogP contribution in [0.5, 0.6) is 0 Å². The van der Waals surface area contributed by atoms with E-state index in [-0.39, 0.29) is 25.6 Å². The Bertz CT molecular complexity index is 401. The van der Waals surface area contributed by atoms with E-state index in [9.17, 15) is 14.9 Å². The smallest absolute Gasteiger partial charge is 0.309 e. The number of nitriles is 1. The molecule has 0 saturated heterocycles. The predicted molar refractivity (Wildman–Crippen MR) is 72.4 cm³/mol. The fraction of sp³-hybridized carbons (Fsp3) is 0.800. The van der Waals surface area contributed by atoms with Gasteiger partial charge in [0.2, 0.25) is 0 Å². The van der Waals surface area contributed by atoms with Crippen molar-refractivity contribution in [1.82, 2.24) is 0 Å². The minimum Gasteiger partial charge on any atom is -0.466 e. The third kappa shape index (κ3) is 3.72. The summed E-state index contributed by atoms with van der Waals surface area (Å²) >= 11 is 0. The lowest BCUT2D eigenvalue weighted by Gasteiger charge is -2.30. The van der Waals surface area contributed by atoms with Gasteiger partial charge in [-0.2, -0.15) is 5.26 Å². The largest absolute Gasteiger partial charge is 0.466 e. The molecule has 1 rings (SSSR count). The topological polar surface area (TPSA) is 76.4 Å². The lowest BCUT2D eigenvalue weighted by molar-refractivity contribution is -0.157. The van der Waals surface area contributed by atoms with Crippen molar-refractivity contribution in [2.75, 3.05) is 13.2 Å². The molecule has 1 fully saturated rings. The molecule has 20 heavy (non-hydrogen) atoms. The number of carbonyl (C=O) groups is 2. The molecule has 3 atom stereocenters. The second-order valence-corrected chi connectivity index (χ2v) is 5.40. The van der Waals surface area contributed by atoms with Gasteiger partial charge < -0.3 is 9.47 Å². The third-order valence-electron chi connectivity index (χ3n) is 4.05. The Hall–Kier alpha value is -1.57. The monoisotopic (exact) mass is 281 g/mol. The highest BCUT2D eigenvalue weighted by atomic mass is 16.5. The zero-order chi connectivity index (χ0) is 15.2. The number of hydrogen-bond acceptors (Lipinski definition) is 5. The maximum Gasteiger partial charge on any atom is 0.309 e. The summed E-state index contributed by atoms with van der Waals surface area (Å²) in [6.07, 6.45) is 2.42. The molecule has 5 nitrogen and oxygen atoms in total. The summed E-state index contributed by atoms with van der Waals surface area (Å²) in [6, 6.07) is 2.31. The SMILES string of the molecule is CCOC(=O)CC(C(=O)OCC)C1CCCC1(C)C#N. The molecule has 0 aliphatic heterocycles. The van der Waals surface area contributed by atoms with Gasteiger partial charge in [-0.25, -0.2) is 0 Å². The van der Waals surface area contributed by atoms with E-state index in [0.29, 0.717) is 0 Å². The minimum absolute atomic E-state index is 0.00535. The molecule has 0 aromatic rings. The minimum atomic E-state index is -0.582. The van der Waals surface area contributed by atoms with Gasteiger partial charge in [0, 0.05) is 0 Å². The van der Waals surface area contributed by atoms with E-state index in [1.807, 2.05) is 6.92 Å². The van der Waals surface area contributed by atoms with Gasteiger partial charge in [0.1, 0.15) is 0 Å². The van der Waals surface area contributed by atoms with Crippen LogP contribution in [0.25, 0.3) is 0 Å². The average molecular weight is 281 g/mol. The van der Waals surface area contributed by atoms with Crippen LogP contribution in [0.4, 0.5) is 0 Å².